The van der Waals surface area contributed by atoms with E-state index in [1.54, 1.807) is 11.3 Å². The summed E-state index contributed by atoms with van der Waals surface area (Å²) in [6.07, 6.45) is 0. The van der Waals surface area contributed by atoms with E-state index in [0.29, 0.717) is 0 Å². The van der Waals surface area contributed by atoms with Crippen LogP contribution >= 0.6 is 11.3 Å². The minimum Gasteiger partial charge on any atom is -0.307 e. The molecule has 48 heavy (non-hydrogen) atoms. The summed E-state index contributed by atoms with van der Waals surface area (Å²) in [5.74, 6) is 0.745. The zero-order valence-corrected chi connectivity index (χ0v) is 26.5. The van der Waals surface area contributed by atoms with Crippen LogP contribution in [0, 0.1) is 0 Å². The predicted octanol–water partition coefficient (Wildman–Crippen LogP) is 12.1. The highest BCUT2D eigenvalue weighted by atomic mass is 32.1. The van der Waals surface area contributed by atoms with E-state index in [0.717, 1.165) is 32.9 Å². The first-order valence-corrected chi connectivity index (χ1v) is 17.1. The highest BCUT2D eigenvalue weighted by Gasteiger charge is 2.21. The molecule has 0 aliphatic heterocycles. The second kappa shape index (κ2) is 9.71. The molecule has 11 aromatic rings. The molecule has 7 aromatic carbocycles. The van der Waals surface area contributed by atoms with Gasteiger partial charge in [0.15, 0.2) is 5.82 Å². The first-order chi connectivity index (χ1) is 23.8. The number of hydrogen-bond acceptors (Lipinski definition) is 3. The Hall–Kier alpha value is -6.10. The van der Waals surface area contributed by atoms with Crippen molar-refractivity contribution < 1.29 is 0 Å². The lowest BCUT2D eigenvalue weighted by Gasteiger charge is -2.14. The van der Waals surface area contributed by atoms with Gasteiger partial charge in [-0.15, -0.1) is 11.3 Å². The van der Waals surface area contributed by atoms with Crippen LogP contribution in [0.4, 0.5) is 0 Å². The van der Waals surface area contributed by atoms with Crippen LogP contribution in [0.15, 0.2) is 152 Å². The minimum absolute atomic E-state index is 0.745. The molecular formula is C44H25N3S. The van der Waals surface area contributed by atoms with Crippen LogP contribution in [0.25, 0.3) is 103 Å². The fourth-order valence-corrected chi connectivity index (χ4v) is 8.95. The lowest BCUT2D eigenvalue weighted by molar-refractivity contribution is 1.24. The Morgan fingerprint density at radius 3 is 2.04 bits per heavy atom. The lowest BCUT2D eigenvalue weighted by atomic mass is 9.98. The van der Waals surface area contributed by atoms with Crippen molar-refractivity contribution in [3.05, 3.63) is 152 Å². The van der Waals surface area contributed by atoms with Gasteiger partial charge in [0, 0.05) is 53.7 Å². The van der Waals surface area contributed by atoms with Crippen molar-refractivity contribution in [3.63, 3.8) is 0 Å². The van der Waals surface area contributed by atoms with Gasteiger partial charge in [0.25, 0.3) is 0 Å². The third-order valence-corrected chi connectivity index (χ3v) is 11.0. The van der Waals surface area contributed by atoms with Crippen LogP contribution in [-0.2, 0) is 0 Å². The van der Waals surface area contributed by atoms with Crippen LogP contribution in [0.2, 0.25) is 0 Å². The van der Waals surface area contributed by atoms with Crippen molar-refractivity contribution >= 4 is 80.5 Å². The maximum atomic E-state index is 5.22. The van der Waals surface area contributed by atoms with Gasteiger partial charge in [0.1, 0.15) is 4.83 Å². The molecule has 0 saturated heterocycles. The molecule has 11 rings (SSSR count). The average Bonchev–Trinajstić information content (AvgIpc) is 3.71. The van der Waals surface area contributed by atoms with Crippen molar-refractivity contribution in [2.45, 2.75) is 0 Å². The summed E-state index contributed by atoms with van der Waals surface area (Å²) in [6, 6.07) is 54.6. The van der Waals surface area contributed by atoms with E-state index in [4.69, 9.17) is 9.97 Å². The van der Waals surface area contributed by atoms with Crippen molar-refractivity contribution in [3.8, 4) is 33.8 Å². The number of para-hydroxylation sites is 2. The molecule has 0 atom stereocenters. The Labute approximate surface area is 279 Å². The fourth-order valence-electron chi connectivity index (χ4n) is 7.87. The van der Waals surface area contributed by atoms with E-state index >= 15 is 0 Å². The summed E-state index contributed by atoms with van der Waals surface area (Å²) in [4.78, 5) is 11.4. The van der Waals surface area contributed by atoms with Gasteiger partial charge in [-0.2, -0.15) is 0 Å². The van der Waals surface area contributed by atoms with Gasteiger partial charge < -0.3 is 4.40 Å². The van der Waals surface area contributed by atoms with Gasteiger partial charge in [-0.1, -0.05) is 140 Å². The van der Waals surface area contributed by atoms with E-state index < -0.39 is 0 Å². The SMILES string of the molecule is c1ccc(-c2nc(-c3ccc(-c4cccc5c6ccc7cccc8c9ccccc9n(c45)c6c78)cc3)nc3sc4ccccc4c23)cc1. The highest BCUT2D eigenvalue weighted by Crippen LogP contribution is 2.44. The quantitative estimate of drug-likeness (QED) is 0.144. The largest absolute Gasteiger partial charge is 0.307 e. The van der Waals surface area contributed by atoms with Crippen molar-refractivity contribution in [2.75, 3.05) is 0 Å². The van der Waals surface area contributed by atoms with E-state index in [1.807, 2.05) is 0 Å². The van der Waals surface area contributed by atoms with Gasteiger partial charge >= 0.3 is 0 Å². The van der Waals surface area contributed by atoms with E-state index in [1.165, 1.54) is 70.1 Å². The minimum atomic E-state index is 0.745. The molecule has 0 fully saturated rings. The molecule has 0 spiro atoms. The van der Waals surface area contributed by atoms with E-state index in [2.05, 4.69) is 156 Å². The normalized spacial score (nSPS) is 12.2. The lowest BCUT2D eigenvalue weighted by Crippen LogP contribution is -1.94. The topological polar surface area (TPSA) is 30.2 Å². The van der Waals surface area contributed by atoms with E-state index in [9.17, 15) is 0 Å². The van der Waals surface area contributed by atoms with Crippen molar-refractivity contribution in [1.82, 2.24) is 14.4 Å². The van der Waals surface area contributed by atoms with Gasteiger partial charge in [-0.25, -0.2) is 9.97 Å². The average molecular weight is 628 g/mol. The molecule has 4 aromatic heterocycles. The maximum Gasteiger partial charge on any atom is 0.161 e. The fraction of sp³-hybridized carbons (Fsp3) is 0. The Morgan fingerprint density at radius 1 is 0.438 bits per heavy atom. The number of thiophene rings is 1. The van der Waals surface area contributed by atoms with Crippen molar-refractivity contribution in [1.29, 1.82) is 0 Å². The molecule has 0 saturated carbocycles. The molecule has 0 N–H and O–H groups in total. The molecule has 0 bridgehead atoms. The second-order valence-electron chi connectivity index (χ2n) is 12.5. The zero-order valence-electron chi connectivity index (χ0n) is 25.7. The Balaban J connectivity index is 1.14. The number of hydrogen-bond donors (Lipinski definition) is 0. The van der Waals surface area contributed by atoms with Gasteiger partial charge in [-0.05, 0) is 28.5 Å². The van der Waals surface area contributed by atoms with E-state index in [-0.39, 0.29) is 0 Å². The maximum absolute atomic E-state index is 5.22. The number of nitrogens with zero attached hydrogens (tertiary/aromatic N) is 3. The predicted molar refractivity (Wildman–Crippen MR) is 203 cm³/mol. The summed E-state index contributed by atoms with van der Waals surface area (Å²) in [6.45, 7) is 0. The molecule has 0 aliphatic rings. The molecule has 0 radical (unpaired) electrons. The van der Waals surface area contributed by atoms with Crippen LogP contribution in [0.3, 0.4) is 0 Å². The number of pyridine rings is 1. The third kappa shape index (κ3) is 3.52. The van der Waals surface area contributed by atoms with Gasteiger partial charge in [-0.3, -0.25) is 0 Å². The summed E-state index contributed by atoms with van der Waals surface area (Å²) in [5.41, 5.74) is 9.22. The van der Waals surface area contributed by atoms with Crippen molar-refractivity contribution in [2.24, 2.45) is 0 Å². The standard InChI is InChI=1S/C44H25N3S/c1-2-10-28(11-3-1)40-39-35-14-5-7-19-37(35)48-44(39)46-43(45-40)29-22-20-26(21-23-29)30-15-9-17-33-34-25-24-27-12-8-16-32-31-13-4-6-18-36(31)47(41(30)33)42(34)38(27)32/h1-25H. The molecule has 0 unspecified atom stereocenters. The molecule has 4 heterocycles. The zero-order chi connectivity index (χ0) is 31.3. The molecular weight excluding hydrogens is 603 g/mol. The van der Waals surface area contributed by atoms with Crippen LogP contribution in [-0.4, -0.2) is 14.4 Å². The molecule has 222 valence electrons. The summed E-state index contributed by atoms with van der Waals surface area (Å²) >= 11 is 1.73. The first-order valence-electron chi connectivity index (χ1n) is 16.3. The highest BCUT2D eigenvalue weighted by molar-refractivity contribution is 7.25. The number of rotatable bonds is 3. The molecule has 0 aliphatic carbocycles. The molecule has 0 amide bonds. The second-order valence-corrected chi connectivity index (χ2v) is 13.6. The third-order valence-electron chi connectivity index (χ3n) is 9.97. The molecule has 4 heteroatoms. The number of fused-ring (bicyclic) bond motifs is 9. The van der Waals surface area contributed by atoms with Crippen LogP contribution < -0.4 is 0 Å². The Kier molecular flexibility index (Phi) is 5.26. The number of benzene rings is 7. The van der Waals surface area contributed by atoms with Crippen LogP contribution in [0.1, 0.15) is 0 Å². The molecule has 3 nitrogen and oxygen atoms in total. The van der Waals surface area contributed by atoms with Crippen LogP contribution in [0.5, 0.6) is 0 Å². The Bertz CT molecular complexity index is 3040. The van der Waals surface area contributed by atoms with Gasteiger partial charge in [0.2, 0.25) is 0 Å². The smallest absolute Gasteiger partial charge is 0.161 e. The van der Waals surface area contributed by atoms with Gasteiger partial charge in [0.05, 0.1) is 22.2 Å². The first kappa shape index (κ1) is 26.0. The monoisotopic (exact) mass is 627 g/mol. The summed E-state index contributed by atoms with van der Waals surface area (Å²) < 4.78 is 3.73. The Morgan fingerprint density at radius 2 is 1.15 bits per heavy atom. The summed E-state index contributed by atoms with van der Waals surface area (Å²) in [5, 5.41) is 10.1. The number of aromatic nitrogens is 3. The summed E-state index contributed by atoms with van der Waals surface area (Å²) in [7, 11) is 0.